The van der Waals surface area contributed by atoms with Crippen LogP contribution in [-0.4, -0.2) is 60.5 Å². The monoisotopic (exact) mass is 426 g/mol. The van der Waals surface area contributed by atoms with Crippen LogP contribution in [0.4, 0.5) is 0 Å². The van der Waals surface area contributed by atoms with Gasteiger partial charge in [0.05, 0.1) is 25.4 Å². The van der Waals surface area contributed by atoms with Crippen LogP contribution >= 0.6 is 0 Å². The molecule has 2 N–H and O–H groups in total. The van der Waals surface area contributed by atoms with Crippen molar-refractivity contribution in [2.24, 2.45) is 12.0 Å². The summed E-state index contributed by atoms with van der Waals surface area (Å²) in [6.45, 7) is 10.9. The van der Waals surface area contributed by atoms with Crippen molar-refractivity contribution in [2.75, 3.05) is 39.8 Å². The number of ether oxygens (including phenoxy) is 1. The molecule has 0 bridgehead atoms. The third-order valence-corrected chi connectivity index (χ3v) is 6.15. The van der Waals surface area contributed by atoms with Crippen LogP contribution in [0.15, 0.2) is 29.3 Å². The largest absolute Gasteiger partial charge is 0.497 e. The highest BCUT2D eigenvalue weighted by molar-refractivity contribution is 5.79. The Bertz CT molecular complexity index is 869. The molecular formula is C24H38N6O. The summed E-state index contributed by atoms with van der Waals surface area (Å²) in [5.41, 5.74) is 4.92. The van der Waals surface area contributed by atoms with E-state index in [1.807, 2.05) is 17.8 Å². The van der Waals surface area contributed by atoms with E-state index in [1.54, 1.807) is 7.11 Å². The van der Waals surface area contributed by atoms with Crippen molar-refractivity contribution < 1.29 is 4.74 Å². The fourth-order valence-corrected chi connectivity index (χ4v) is 4.34. The number of nitrogens with one attached hydrogen (secondary N) is 2. The molecular weight excluding hydrogens is 388 g/mol. The Labute approximate surface area is 186 Å². The summed E-state index contributed by atoms with van der Waals surface area (Å²) in [6, 6.07) is 8.67. The zero-order valence-electron chi connectivity index (χ0n) is 19.7. The number of aliphatic imine (C=N–C) groups is 1. The molecule has 1 aromatic heterocycles. The quantitative estimate of drug-likeness (QED) is 0.477. The highest BCUT2D eigenvalue weighted by Crippen LogP contribution is 2.27. The Morgan fingerprint density at radius 1 is 1.23 bits per heavy atom. The van der Waals surface area contributed by atoms with Gasteiger partial charge in [0.2, 0.25) is 0 Å². The van der Waals surface area contributed by atoms with Gasteiger partial charge in [-0.15, -0.1) is 0 Å². The minimum Gasteiger partial charge on any atom is -0.497 e. The van der Waals surface area contributed by atoms with E-state index >= 15 is 0 Å². The number of aromatic nitrogens is 2. The average Bonchev–Trinajstić information content (AvgIpc) is 3.38. The molecule has 1 aliphatic rings. The fourth-order valence-electron chi connectivity index (χ4n) is 4.34. The van der Waals surface area contributed by atoms with E-state index < -0.39 is 0 Å². The maximum atomic E-state index is 5.46. The SMILES string of the molecule is CCNC(=NCC(c1cccc(OC)c1)N1CCCC1)NCCc1c(C)nn(C)c1C. The Morgan fingerprint density at radius 3 is 2.65 bits per heavy atom. The molecule has 2 heterocycles. The number of methoxy groups -OCH3 is 1. The predicted molar refractivity (Wildman–Crippen MR) is 127 cm³/mol. The number of nitrogens with zero attached hydrogens (tertiary/aromatic N) is 4. The molecule has 7 heteroatoms. The standard InChI is InChI=1S/C24H38N6O/c1-6-25-24(26-13-12-22-18(2)28-29(4)19(22)3)27-17-23(30-14-7-8-15-30)20-10-9-11-21(16-20)31-5/h9-11,16,23H,6-8,12-15,17H2,1-5H3,(H2,25,26,27). The predicted octanol–water partition coefficient (Wildman–Crippen LogP) is 2.98. The second-order valence-corrected chi connectivity index (χ2v) is 8.20. The normalized spacial score (nSPS) is 15.8. The van der Waals surface area contributed by atoms with Crippen molar-refractivity contribution in [1.29, 1.82) is 0 Å². The number of likely N-dealkylation sites (tertiary alicyclic amines) is 1. The second kappa shape index (κ2) is 11.2. The molecule has 3 rings (SSSR count). The number of guanidine groups is 1. The molecule has 0 aliphatic carbocycles. The summed E-state index contributed by atoms with van der Waals surface area (Å²) in [6.07, 6.45) is 3.44. The molecule has 0 saturated carbocycles. The van der Waals surface area contributed by atoms with Crippen molar-refractivity contribution in [3.05, 3.63) is 46.8 Å². The molecule has 1 unspecified atom stereocenters. The van der Waals surface area contributed by atoms with Crippen LogP contribution < -0.4 is 15.4 Å². The first kappa shape index (κ1) is 23.1. The Morgan fingerprint density at radius 2 is 2.00 bits per heavy atom. The van der Waals surface area contributed by atoms with Gasteiger partial charge in [-0.1, -0.05) is 12.1 Å². The number of benzene rings is 1. The second-order valence-electron chi connectivity index (χ2n) is 8.20. The molecule has 31 heavy (non-hydrogen) atoms. The van der Waals surface area contributed by atoms with E-state index in [2.05, 4.69) is 59.6 Å². The first-order chi connectivity index (χ1) is 15.0. The lowest BCUT2D eigenvalue weighted by atomic mass is 10.1. The molecule has 0 spiro atoms. The van der Waals surface area contributed by atoms with Gasteiger partial charge in [-0.2, -0.15) is 5.10 Å². The van der Waals surface area contributed by atoms with Crippen molar-refractivity contribution >= 4 is 5.96 Å². The molecule has 0 amide bonds. The zero-order valence-corrected chi connectivity index (χ0v) is 19.7. The van der Waals surface area contributed by atoms with E-state index in [1.165, 1.54) is 29.7 Å². The molecule has 1 aromatic carbocycles. The van der Waals surface area contributed by atoms with Crippen molar-refractivity contribution in [3.63, 3.8) is 0 Å². The van der Waals surface area contributed by atoms with Gasteiger partial charge in [-0.25, -0.2) is 0 Å². The van der Waals surface area contributed by atoms with E-state index in [0.717, 1.165) is 50.0 Å². The number of rotatable bonds is 9. The topological polar surface area (TPSA) is 66.7 Å². The highest BCUT2D eigenvalue weighted by atomic mass is 16.5. The van der Waals surface area contributed by atoms with E-state index in [0.29, 0.717) is 6.54 Å². The third-order valence-electron chi connectivity index (χ3n) is 6.15. The van der Waals surface area contributed by atoms with Gasteiger partial charge in [0.15, 0.2) is 5.96 Å². The molecule has 1 aliphatic heterocycles. The molecule has 170 valence electrons. The summed E-state index contributed by atoms with van der Waals surface area (Å²) in [5, 5.41) is 11.4. The smallest absolute Gasteiger partial charge is 0.191 e. The van der Waals surface area contributed by atoms with Crippen molar-refractivity contribution in [1.82, 2.24) is 25.3 Å². The third kappa shape index (κ3) is 6.00. The summed E-state index contributed by atoms with van der Waals surface area (Å²) < 4.78 is 7.42. The van der Waals surface area contributed by atoms with Crippen LogP contribution in [0.2, 0.25) is 0 Å². The first-order valence-electron chi connectivity index (χ1n) is 11.4. The summed E-state index contributed by atoms with van der Waals surface area (Å²) in [5.74, 6) is 1.77. The lowest BCUT2D eigenvalue weighted by Crippen LogP contribution is -2.39. The Kier molecular flexibility index (Phi) is 8.35. The van der Waals surface area contributed by atoms with Crippen molar-refractivity contribution in [3.8, 4) is 5.75 Å². The number of aryl methyl sites for hydroxylation is 2. The maximum absolute atomic E-state index is 5.46. The Hall–Kier alpha value is -2.54. The van der Waals surface area contributed by atoms with Crippen LogP contribution in [0.1, 0.15) is 48.3 Å². The first-order valence-corrected chi connectivity index (χ1v) is 11.4. The molecule has 1 saturated heterocycles. The highest BCUT2D eigenvalue weighted by Gasteiger charge is 2.23. The van der Waals surface area contributed by atoms with Gasteiger partial charge >= 0.3 is 0 Å². The Balaban J connectivity index is 1.69. The number of hydrogen-bond donors (Lipinski definition) is 2. The molecule has 1 fully saturated rings. The lowest BCUT2D eigenvalue weighted by Gasteiger charge is -2.27. The lowest BCUT2D eigenvalue weighted by molar-refractivity contribution is 0.251. The summed E-state index contributed by atoms with van der Waals surface area (Å²) >= 11 is 0. The van der Waals surface area contributed by atoms with Gasteiger partial charge in [-0.05, 0) is 76.4 Å². The van der Waals surface area contributed by atoms with E-state index in [-0.39, 0.29) is 6.04 Å². The summed E-state index contributed by atoms with van der Waals surface area (Å²) in [7, 11) is 3.73. The maximum Gasteiger partial charge on any atom is 0.191 e. The van der Waals surface area contributed by atoms with Crippen molar-refractivity contribution in [2.45, 2.75) is 46.1 Å². The molecule has 0 radical (unpaired) electrons. The van der Waals surface area contributed by atoms with E-state index in [9.17, 15) is 0 Å². The number of hydrogen-bond acceptors (Lipinski definition) is 4. The minimum atomic E-state index is 0.260. The van der Waals surface area contributed by atoms with Crippen LogP contribution in [-0.2, 0) is 13.5 Å². The molecule has 1 atom stereocenters. The zero-order chi connectivity index (χ0) is 22.2. The summed E-state index contributed by atoms with van der Waals surface area (Å²) in [4.78, 5) is 7.51. The molecule has 7 nitrogen and oxygen atoms in total. The van der Waals surface area contributed by atoms with Gasteiger partial charge in [0, 0.05) is 25.8 Å². The van der Waals surface area contributed by atoms with Gasteiger partial charge < -0.3 is 15.4 Å². The molecule has 2 aromatic rings. The van der Waals surface area contributed by atoms with Gasteiger partial charge in [0.1, 0.15) is 5.75 Å². The van der Waals surface area contributed by atoms with E-state index in [4.69, 9.17) is 9.73 Å². The average molecular weight is 427 g/mol. The minimum absolute atomic E-state index is 0.260. The van der Waals surface area contributed by atoms with Crippen LogP contribution in [0.3, 0.4) is 0 Å². The fraction of sp³-hybridized carbons (Fsp3) is 0.583. The van der Waals surface area contributed by atoms with Gasteiger partial charge in [0.25, 0.3) is 0 Å². The van der Waals surface area contributed by atoms with Crippen LogP contribution in [0.25, 0.3) is 0 Å². The van der Waals surface area contributed by atoms with Crippen LogP contribution in [0.5, 0.6) is 5.75 Å². The van der Waals surface area contributed by atoms with Gasteiger partial charge in [-0.3, -0.25) is 14.6 Å². The van der Waals surface area contributed by atoms with Crippen LogP contribution in [0, 0.1) is 13.8 Å².